The Balaban J connectivity index is 1.91. The molecule has 0 bridgehead atoms. The molecule has 0 amide bonds. The first-order valence-corrected chi connectivity index (χ1v) is 7.81. The van der Waals surface area contributed by atoms with Gasteiger partial charge in [0.25, 0.3) is 0 Å². The van der Waals surface area contributed by atoms with Crippen molar-refractivity contribution >= 4 is 27.3 Å². The molecule has 0 atom stereocenters. The number of anilines is 1. The Bertz CT molecular complexity index is 701. The van der Waals surface area contributed by atoms with E-state index in [1.807, 2.05) is 30.3 Å². The van der Waals surface area contributed by atoms with Crippen molar-refractivity contribution in [1.29, 1.82) is 0 Å². The molecule has 0 aromatic heterocycles. The van der Waals surface area contributed by atoms with Crippen LogP contribution in [0.2, 0.25) is 0 Å². The van der Waals surface area contributed by atoms with Gasteiger partial charge in [-0.25, -0.2) is 0 Å². The van der Waals surface area contributed by atoms with E-state index >= 15 is 0 Å². The summed E-state index contributed by atoms with van der Waals surface area (Å²) in [5.41, 5.74) is 2.12. The Morgan fingerprint density at radius 1 is 0.905 bits per heavy atom. The van der Waals surface area contributed by atoms with E-state index in [1.54, 1.807) is 24.3 Å². The lowest BCUT2D eigenvalue weighted by Crippen LogP contribution is -2.11. The molecule has 0 fully saturated rings. The minimum absolute atomic E-state index is 0.0176. The van der Waals surface area contributed by atoms with Crippen LogP contribution in [0, 0.1) is 0 Å². The van der Waals surface area contributed by atoms with Crippen molar-refractivity contribution in [3.05, 3.63) is 54.6 Å². The lowest BCUT2D eigenvalue weighted by Gasteiger charge is -2.04. The summed E-state index contributed by atoms with van der Waals surface area (Å²) >= 11 is 0. The minimum Gasteiger partial charge on any atom is -0.384 e. The van der Waals surface area contributed by atoms with Gasteiger partial charge in [0.15, 0.2) is 0 Å². The first-order valence-electron chi connectivity index (χ1n) is 6.26. The summed E-state index contributed by atoms with van der Waals surface area (Å²) < 4.78 is 33.0. The maximum absolute atomic E-state index is 12.3. The number of rotatable bonds is 6. The molecule has 2 aromatic rings. The summed E-state index contributed by atoms with van der Waals surface area (Å²) in [4.78, 5) is 0. The maximum Gasteiger partial charge on any atom is 0.304 e. The van der Waals surface area contributed by atoms with E-state index in [1.165, 1.54) is 0 Å². The topological polar surface area (TPSA) is 70.9 Å². The van der Waals surface area contributed by atoms with Gasteiger partial charge in [0.05, 0.1) is 17.1 Å². The maximum atomic E-state index is 12.3. The highest BCUT2D eigenvalue weighted by molar-refractivity contribution is 7.86. The van der Waals surface area contributed by atoms with Gasteiger partial charge in [-0.3, -0.25) is 0 Å². The average Bonchev–Trinajstić information content (AvgIpc) is 2.46. The van der Waals surface area contributed by atoms with Gasteiger partial charge in [-0.2, -0.15) is 18.6 Å². The molecule has 5 nitrogen and oxygen atoms in total. The van der Waals surface area contributed by atoms with E-state index in [0.717, 1.165) is 5.69 Å². The summed E-state index contributed by atoms with van der Waals surface area (Å²) in [6, 6.07) is 16.3. The van der Waals surface area contributed by atoms with Crippen LogP contribution in [0.4, 0.5) is 20.9 Å². The molecule has 0 aliphatic rings. The zero-order chi connectivity index (χ0) is 15.1. The lowest BCUT2D eigenvalue weighted by molar-refractivity contribution is 0.552. The van der Waals surface area contributed by atoms with E-state index in [0.29, 0.717) is 11.4 Å². The van der Waals surface area contributed by atoms with Gasteiger partial charge in [0.1, 0.15) is 0 Å². The van der Waals surface area contributed by atoms with Crippen molar-refractivity contribution in [2.45, 2.75) is 0 Å². The zero-order valence-electron chi connectivity index (χ0n) is 11.1. The Hall–Kier alpha value is -2.28. The van der Waals surface area contributed by atoms with Gasteiger partial charge < -0.3 is 5.32 Å². The number of benzene rings is 2. The Labute approximate surface area is 122 Å². The van der Waals surface area contributed by atoms with E-state index < -0.39 is 16.0 Å². The summed E-state index contributed by atoms with van der Waals surface area (Å²) in [5, 5.41) is 11.0. The third kappa shape index (κ3) is 5.70. The van der Waals surface area contributed by atoms with Crippen molar-refractivity contribution in [2.75, 3.05) is 17.6 Å². The molecule has 110 valence electrons. The molecule has 0 saturated heterocycles. The van der Waals surface area contributed by atoms with E-state index in [4.69, 9.17) is 0 Å². The second kappa shape index (κ2) is 6.94. The van der Waals surface area contributed by atoms with Crippen molar-refractivity contribution in [2.24, 2.45) is 10.2 Å². The van der Waals surface area contributed by atoms with E-state index in [9.17, 15) is 12.3 Å². The summed E-state index contributed by atoms with van der Waals surface area (Å²) in [5.74, 6) is -0.553. The van der Waals surface area contributed by atoms with Crippen LogP contribution >= 0.6 is 0 Å². The van der Waals surface area contributed by atoms with Crippen LogP contribution in [0.1, 0.15) is 0 Å². The normalized spacial score (nSPS) is 11.7. The Kier molecular flexibility index (Phi) is 4.99. The predicted molar refractivity (Wildman–Crippen MR) is 80.4 cm³/mol. The van der Waals surface area contributed by atoms with Gasteiger partial charge in [0, 0.05) is 12.2 Å². The molecule has 0 aliphatic carbocycles. The van der Waals surface area contributed by atoms with Crippen molar-refractivity contribution in [3.8, 4) is 0 Å². The monoisotopic (exact) mass is 307 g/mol. The largest absolute Gasteiger partial charge is 0.384 e. The highest BCUT2D eigenvalue weighted by atomic mass is 32.3. The fourth-order valence-corrected chi connectivity index (χ4v) is 1.92. The lowest BCUT2D eigenvalue weighted by atomic mass is 10.3. The van der Waals surface area contributed by atoms with Crippen LogP contribution in [0.25, 0.3) is 0 Å². The summed E-state index contributed by atoms with van der Waals surface area (Å²) in [6.07, 6.45) is 0. The molecule has 0 radical (unpaired) electrons. The Morgan fingerprint density at radius 3 is 2.05 bits per heavy atom. The highest BCUT2D eigenvalue weighted by Crippen LogP contribution is 2.19. The van der Waals surface area contributed by atoms with Crippen molar-refractivity contribution in [3.63, 3.8) is 0 Å². The van der Waals surface area contributed by atoms with Crippen LogP contribution in [0.3, 0.4) is 0 Å². The van der Waals surface area contributed by atoms with E-state index in [2.05, 4.69) is 15.5 Å². The Morgan fingerprint density at radius 2 is 1.48 bits per heavy atom. The second-order valence-electron chi connectivity index (χ2n) is 4.25. The van der Waals surface area contributed by atoms with Crippen LogP contribution in [0.15, 0.2) is 64.8 Å². The third-order valence-corrected chi connectivity index (χ3v) is 3.27. The number of azo groups is 1. The fraction of sp³-hybridized carbons (Fsp3) is 0.143. The molecule has 2 rings (SSSR count). The van der Waals surface area contributed by atoms with Crippen LogP contribution < -0.4 is 5.32 Å². The van der Waals surface area contributed by atoms with Crippen molar-refractivity contribution in [1.82, 2.24) is 0 Å². The number of hydrogen-bond donors (Lipinski definition) is 1. The van der Waals surface area contributed by atoms with Gasteiger partial charge in [-0.1, -0.05) is 18.2 Å². The molecule has 1 N–H and O–H groups in total. The van der Waals surface area contributed by atoms with E-state index in [-0.39, 0.29) is 6.54 Å². The molecule has 2 aromatic carbocycles. The number of nitrogens with zero attached hydrogens (tertiary/aromatic N) is 2. The van der Waals surface area contributed by atoms with Crippen molar-refractivity contribution < 1.29 is 12.3 Å². The number of nitrogens with one attached hydrogen (secondary N) is 1. The fourth-order valence-electron chi connectivity index (χ4n) is 1.57. The first-order chi connectivity index (χ1) is 10.0. The molecular weight excluding hydrogens is 293 g/mol. The quantitative estimate of drug-likeness (QED) is 0.651. The standard InChI is InChI=1S/C14H14FN3O2S/c15-21(19,20)11-10-16-12-6-8-14(9-7-12)18-17-13-4-2-1-3-5-13/h1-9,16H,10-11H2/b18-17-. The molecule has 7 heteroatoms. The van der Waals surface area contributed by atoms with Crippen LogP contribution in [0.5, 0.6) is 0 Å². The minimum atomic E-state index is -4.44. The van der Waals surface area contributed by atoms with Gasteiger partial charge >= 0.3 is 10.2 Å². The first kappa shape index (κ1) is 15.1. The molecule has 21 heavy (non-hydrogen) atoms. The molecule has 0 heterocycles. The van der Waals surface area contributed by atoms with Gasteiger partial charge in [-0.15, -0.1) is 3.89 Å². The molecule has 0 unspecified atom stereocenters. The second-order valence-corrected chi connectivity index (χ2v) is 5.74. The molecular formula is C14H14FN3O2S. The number of hydrogen-bond acceptors (Lipinski definition) is 5. The predicted octanol–water partition coefficient (Wildman–Crippen LogP) is 3.81. The third-order valence-electron chi connectivity index (χ3n) is 2.58. The SMILES string of the molecule is O=S(=O)(F)CCNc1ccc(/N=N\c2ccccc2)cc1. The van der Waals surface area contributed by atoms with Gasteiger partial charge in [-0.05, 0) is 36.4 Å². The van der Waals surface area contributed by atoms with Crippen LogP contribution in [-0.4, -0.2) is 20.7 Å². The molecule has 0 spiro atoms. The smallest absolute Gasteiger partial charge is 0.304 e. The van der Waals surface area contributed by atoms with Gasteiger partial charge in [0.2, 0.25) is 0 Å². The molecule has 0 saturated carbocycles. The summed E-state index contributed by atoms with van der Waals surface area (Å²) in [7, 11) is -4.44. The van der Waals surface area contributed by atoms with Crippen LogP contribution in [-0.2, 0) is 10.2 Å². The zero-order valence-corrected chi connectivity index (χ0v) is 11.9. The molecule has 0 aliphatic heterocycles. The average molecular weight is 307 g/mol. The highest BCUT2D eigenvalue weighted by Gasteiger charge is 2.05. The number of halogens is 1. The summed E-state index contributed by atoms with van der Waals surface area (Å²) in [6.45, 7) is 0.0176.